The minimum atomic E-state index is -0.254. The number of nitrogens with zero attached hydrogens (tertiary/aromatic N) is 3. The predicted octanol–water partition coefficient (Wildman–Crippen LogP) is 3.45. The number of anilines is 1. The fraction of sp³-hybridized carbons (Fsp3) is 0.222. The highest BCUT2D eigenvalue weighted by atomic mass is 19.1. The van der Waals surface area contributed by atoms with Crippen LogP contribution >= 0.6 is 0 Å². The van der Waals surface area contributed by atoms with Crippen LogP contribution in [0, 0.1) is 5.82 Å². The van der Waals surface area contributed by atoms with E-state index in [2.05, 4.69) is 10.1 Å². The summed E-state index contributed by atoms with van der Waals surface area (Å²) in [6.07, 6.45) is -0.147. The predicted molar refractivity (Wildman–Crippen MR) is 87.0 cm³/mol. The van der Waals surface area contributed by atoms with E-state index >= 15 is 0 Å². The van der Waals surface area contributed by atoms with Crippen LogP contribution in [0.1, 0.15) is 11.7 Å². The Labute approximate surface area is 138 Å². The number of benzene rings is 2. The lowest BCUT2D eigenvalue weighted by atomic mass is 10.1. The van der Waals surface area contributed by atoms with Crippen molar-refractivity contribution >= 4 is 6.01 Å². The summed E-state index contributed by atoms with van der Waals surface area (Å²) in [5.41, 5.74) is 1.85. The van der Waals surface area contributed by atoms with E-state index in [0.717, 1.165) is 11.1 Å². The highest BCUT2D eigenvalue weighted by Crippen LogP contribution is 2.26. The van der Waals surface area contributed by atoms with E-state index in [-0.39, 0.29) is 11.9 Å². The summed E-state index contributed by atoms with van der Waals surface area (Å²) in [4.78, 5) is 6.48. The van der Waals surface area contributed by atoms with Gasteiger partial charge in [-0.3, -0.25) is 0 Å². The Morgan fingerprint density at radius 1 is 1.04 bits per heavy atom. The van der Waals surface area contributed by atoms with Gasteiger partial charge in [0.2, 0.25) is 5.82 Å². The van der Waals surface area contributed by atoms with E-state index in [0.29, 0.717) is 31.5 Å². The first-order valence-electron chi connectivity index (χ1n) is 7.81. The highest BCUT2D eigenvalue weighted by molar-refractivity contribution is 5.55. The molecule has 0 bridgehead atoms. The van der Waals surface area contributed by atoms with Gasteiger partial charge in [-0.1, -0.05) is 47.6 Å². The van der Waals surface area contributed by atoms with Gasteiger partial charge in [0, 0.05) is 12.1 Å². The molecule has 1 atom stereocenters. The molecule has 0 aliphatic carbocycles. The summed E-state index contributed by atoms with van der Waals surface area (Å²) in [7, 11) is 0. The minimum absolute atomic E-state index is 0.147. The van der Waals surface area contributed by atoms with Crippen LogP contribution in [0.4, 0.5) is 10.4 Å². The molecule has 1 aliphatic heterocycles. The second kappa shape index (κ2) is 6.41. The van der Waals surface area contributed by atoms with Crippen LogP contribution in [0.5, 0.6) is 0 Å². The van der Waals surface area contributed by atoms with Crippen LogP contribution in [0.25, 0.3) is 11.4 Å². The Morgan fingerprint density at radius 3 is 2.62 bits per heavy atom. The van der Waals surface area contributed by atoms with Gasteiger partial charge in [-0.05, 0) is 17.7 Å². The molecule has 0 N–H and O–H groups in total. The lowest BCUT2D eigenvalue weighted by Crippen LogP contribution is -2.38. The lowest BCUT2D eigenvalue weighted by Gasteiger charge is -2.31. The molecule has 2 aromatic carbocycles. The van der Waals surface area contributed by atoms with Crippen molar-refractivity contribution in [3.8, 4) is 11.4 Å². The van der Waals surface area contributed by atoms with E-state index < -0.39 is 0 Å². The number of aromatic nitrogens is 2. The molecule has 1 fully saturated rings. The molecule has 2 heterocycles. The zero-order valence-corrected chi connectivity index (χ0v) is 12.9. The molecule has 0 radical (unpaired) electrons. The molecule has 0 unspecified atom stereocenters. The number of rotatable bonds is 3. The Hall–Kier alpha value is -2.73. The normalized spacial score (nSPS) is 17.9. The standard InChI is InChI=1S/C18H16FN3O2/c19-15-8-6-13(7-9-15)16-12-22(10-11-23-16)18-20-17(21-24-18)14-4-2-1-3-5-14/h1-9,16H,10-12H2/t16-/m0/s1. The third kappa shape index (κ3) is 3.00. The van der Waals surface area contributed by atoms with Crippen LogP contribution < -0.4 is 4.90 Å². The highest BCUT2D eigenvalue weighted by Gasteiger charge is 2.25. The Bertz CT molecular complexity index is 805. The molecule has 24 heavy (non-hydrogen) atoms. The molecule has 1 saturated heterocycles. The van der Waals surface area contributed by atoms with Gasteiger partial charge >= 0.3 is 6.01 Å². The second-order valence-electron chi connectivity index (χ2n) is 5.62. The van der Waals surface area contributed by atoms with E-state index in [1.54, 1.807) is 12.1 Å². The van der Waals surface area contributed by atoms with Crippen molar-refractivity contribution in [3.05, 3.63) is 66.0 Å². The van der Waals surface area contributed by atoms with Crippen LogP contribution in [0.2, 0.25) is 0 Å². The first-order chi connectivity index (χ1) is 11.8. The smallest absolute Gasteiger partial charge is 0.324 e. The van der Waals surface area contributed by atoms with Crippen LogP contribution in [0.15, 0.2) is 59.1 Å². The quantitative estimate of drug-likeness (QED) is 0.738. The van der Waals surface area contributed by atoms with Crippen molar-refractivity contribution in [2.24, 2.45) is 0 Å². The lowest BCUT2D eigenvalue weighted by molar-refractivity contribution is 0.0376. The van der Waals surface area contributed by atoms with Crippen molar-refractivity contribution in [2.45, 2.75) is 6.10 Å². The average molecular weight is 325 g/mol. The van der Waals surface area contributed by atoms with Crippen molar-refractivity contribution in [1.29, 1.82) is 0 Å². The second-order valence-corrected chi connectivity index (χ2v) is 5.62. The van der Waals surface area contributed by atoms with Crippen molar-refractivity contribution in [3.63, 3.8) is 0 Å². The van der Waals surface area contributed by atoms with E-state index in [1.165, 1.54) is 12.1 Å². The first-order valence-corrected chi connectivity index (χ1v) is 7.81. The fourth-order valence-electron chi connectivity index (χ4n) is 2.75. The largest absolute Gasteiger partial charge is 0.370 e. The summed E-state index contributed by atoms with van der Waals surface area (Å²) in [6, 6.07) is 16.5. The maximum atomic E-state index is 13.1. The van der Waals surface area contributed by atoms with Crippen molar-refractivity contribution in [2.75, 3.05) is 24.6 Å². The summed E-state index contributed by atoms with van der Waals surface area (Å²) in [5.74, 6) is 0.311. The summed E-state index contributed by atoms with van der Waals surface area (Å²) in [5, 5.41) is 4.05. The minimum Gasteiger partial charge on any atom is -0.370 e. The monoisotopic (exact) mass is 325 g/mol. The zero-order valence-electron chi connectivity index (χ0n) is 12.9. The van der Waals surface area contributed by atoms with Gasteiger partial charge in [-0.15, -0.1) is 0 Å². The van der Waals surface area contributed by atoms with Crippen LogP contribution in [-0.2, 0) is 4.74 Å². The molecule has 3 aromatic rings. The maximum absolute atomic E-state index is 13.1. The Kier molecular flexibility index (Phi) is 3.96. The molecular formula is C18H16FN3O2. The topological polar surface area (TPSA) is 51.4 Å². The van der Waals surface area contributed by atoms with Crippen molar-refractivity contribution in [1.82, 2.24) is 10.1 Å². The van der Waals surface area contributed by atoms with E-state index in [4.69, 9.17) is 9.26 Å². The molecule has 0 spiro atoms. The molecule has 0 saturated carbocycles. The van der Waals surface area contributed by atoms with Gasteiger partial charge in [0.05, 0.1) is 13.2 Å². The molecular weight excluding hydrogens is 309 g/mol. The average Bonchev–Trinajstić information content (AvgIpc) is 3.13. The van der Waals surface area contributed by atoms with Gasteiger partial charge in [-0.25, -0.2) is 4.39 Å². The molecule has 6 heteroatoms. The third-order valence-electron chi connectivity index (χ3n) is 4.03. The number of hydrogen-bond donors (Lipinski definition) is 0. The summed E-state index contributed by atoms with van der Waals surface area (Å²) < 4.78 is 24.3. The molecule has 1 aromatic heterocycles. The first kappa shape index (κ1) is 14.8. The number of halogens is 1. The molecule has 5 nitrogen and oxygen atoms in total. The number of morpholine rings is 1. The SMILES string of the molecule is Fc1ccc([C@@H]2CN(c3nc(-c4ccccc4)no3)CCO2)cc1. The zero-order chi connectivity index (χ0) is 16.4. The van der Waals surface area contributed by atoms with Crippen LogP contribution in [-0.4, -0.2) is 29.8 Å². The summed E-state index contributed by atoms with van der Waals surface area (Å²) in [6.45, 7) is 1.81. The molecule has 1 aliphatic rings. The van der Waals surface area contributed by atoms with Crippen LogP contribution in [0.3, 0.4) is 0 Å². The molecule has 122 valence electrons. The van der Waals surface area contributed by atoms with Crippen molar-refractivity contribution < 1.29 is 13.7 Å². The van der Waals surface area contributed by atoms with Gasteiger partial charge in [0.25, 0.3) is 0 Å². The number of ether oxygens (including phenoxy) is 1. The Morgan fingerprint density at radius 2 is 1.83 bits per heavy atom. The third-order valence-corrected chi connectivity index (χ3v) is 4.03. The molecule has 0 amide bonds. The Balaban J connectivity index is 1.52. The van der Waals surface area contributed by atoms with Gasteiger partial charge < -0.3 is 14.2 Å². The van der Waals surface area contributed by atoms with Gasteiger partial charge in [0.1, 0.15) is 11.9 Å². The van der Waals surface area contributed by atoms with E-state index in [1.807, 2.05) is 35.2 Å². The number of hydrogen-bond acceptors (Lipinski definition) is 5. The molecule has 4 rings (SSSR count). The van der Waals surface area contributed by atoms with Gasteiger partial charge in [-0.2, -0.15) is 4.98 Å². The van der Waals surface area contributed by atoms with E-state index in [9.17, 15) is 4.39 Å². The maximum Gasteiger partial charge on any atom is 0.324 e. The van der Waals surface area contributed by atoms with Gasteiger partial charge in [0.15, 0.2) is 0 Å². The fourth-order valence-corrected chi connectivity index (χ4v) is 2.75. The summed E-state index contributed by atoms with van der Waals surface area (Å²) >= 11 is 0.